The Balaban J connectivity index is 2.05. The average molecular weight is 362 g/mol. The smallest absolute Gasteiger partial charge is 0.410 e. The summed E-state index contributed by atoms with van der Waals surface area (Å²) >= 11 is 0. The molecule has 0 saturated carbocycles. The third kappa shape index (κ3) is 5.73. The molecule has 1 N–H and O–H groups in total. The van der Waals surface area contributed by atoms with Crippen LogP contribution in [-0.2, 0) is 11.3 Å². The molecule has 1 amide bonds. The highest BCUT2D eigenvalue weighted by atomic mass is 16.6. The minimum absolute atomic E-state index is 0.245. The van der Waals surface area contributed by atoms with Crippen LogP contribution in [0.2, 0.25) is 0 Å². The molecule has 1 aliphatic rings. The molecule has 26 heavy (non-hydrogen) atoms. The molecule has 1 fully saturated rings. The lowest BCUT2D eigenvalue weighted by molar-refractivity contribution is 0.00117. The molecule has 1 atom stereocenters. The van der Waals surface area contributed by atoms with Gasteiger partial charge in [0.1, 0.15) is 5.60 Å². The zero-order chi connectivity index (χ0) is 19.3. The number of carboxylic acids is 1. The lowest BCUT2D eigenvalue weighted by atomic mass is 10.0. The normalized spacial score (nSPS) is 18.6. The van der Waals surface area contributed by atoms with E-state index in [-0.39, 0.29) is 12.1 Å². The van der Waals surface area contributed by atoms with E-state index in [0.717, 1.165) is 24.9 Å². The van der Waals surface area contributed by atoms with Gasteiger partial charge in [-0.1, -0.05) is 25.5 Å². The maximum Gasteiger partial charge on any atom is 0.410 e. The number of piperazine rings is 1. The molecule has 1 aromatic rings. The summed E-state index contributed by atoms with van der Waals surface area (Å²) in [5, 5.41) is 9.17. The van der Waals surface area contributed by atoms with E-state index >= 15 is 0 Å². The predicted octanol–water partition coefficient (Wildman–Crippen LogP) is 3.61. The van der Waals surface area contributed by atoms with Crippen LogP contribution in [0.1, 0.15) is 56.5 Å². The molecule has 144 valence electrons. The van der Waals surface area contributed by atoms with Crippen LogP contribution in [0, 0.1) is 0 Å². The molecular formula is C20H30N2O4. The van der Waals surface area contributed by atoms with Gasteiger partial charge in [-0.2, -0.15) is 0 Å². The quantitative estimate of drug-likeness (QED) is 0.866. The van der Waals surface area contributed by atoms with Gasteiger partial charge in [-0.3, -0.25) is 4.90 Å². The van der Waals surface area contributed by atoms with Crippen LogP contribution in [-0.4, -0.2) is 58.2 Å². The number of hydrogen-bond acceptors (Lipinski definition) is 4. The highest BCUT2D eigenvalue weighted by Gasteiger charge is 2.31. The number of carboxylic acid groups (broad SMARTS) is 1. The molecule has 1 aromatic carbocycles. The molecule has 6 heteroatoms. The highest BCUT2D eigenvalue weighted by Crippen LogP contribution is 2.20. The Morgan fingerprint density at radius 1 is 1.27 bits per heavy atom. The third-order valence-electron chi connectivity index (χ3n) is 4.44. The minimum Gasteiger partial charge on any atom is -0.478 e. The van der Waals surface area contributed by atoms with Crippen LogP contribution < -0.4 is 0 Å². The van der Waals surface area contributed by atoms with E-state index in [2.05, 4.69) is 11.8 Å². The van der Waals surface area contributed by atoms with Crippen molar-refractivity contribution in [3.63, 3.8) is 0 Å². The van der Waals surface area contributed by atoms with Crippen LogP contribution in [0.5, 0.6) is 0 Å². The summed E-state index contributed by atoms with van der Waals surface area (Å²) in [5.74, 6) is -0.910. The fraction of sp³-hybridized carbons (Fsp3) is 0.600. The number of amides is 1. The molecular weight excluding hydrogens is 332 g/mol. The van der Waals surface area contributed by atoms with Crippen molar-refractivity contribution in [2.75, 3.05) is 19.6 Å². The van der Waals surface area contributed by atoms with Crippen LogP contribution in [0.3, 0.4) is 0 Å². The van der Waals surface area contributed by atoms with E-state index in [1.54, 1.807) is 23.1 Å². The molecule has 6 nitrogen and oxygen atoms in total. The Labute approximate surface area is 155 Å². The molecule has 1 unspecified atom stereocenters. The average Bonchev–Trinajstić information content (AvgIpc) is 2.55. The second kappa shape index (κ2) is 8.54. The standard InChI is InChI=1S/C20H30N2O4/c1-5-7-17-14-22(19(25)26-20(2,3)4)11-10-21(17)13-15-8-6-9-16(12-15)18(23)24/h6,8-9,12,17H,5,7,10-11,13-14H2,1-4H3,(H,23,24). The van der Waals surface area contributed by atoms with Gasteiger partial charge in [0.15, 0.2) is 0 Å². The summed E-state index contributed by atoms with van der Waals surface area (Å²) in [7, 11) is 0. The largest absolute Gasteiger partial charge is 0.478 e. The first kappa shape index (κ1) is 20.2. The summed E-state index contributed by atoms with van der Waals surface area (Å²) in [4.78, 5) is 27.7. The highest BCUT2D eigenvalue weighted by molar-refractivity contribution is 5.87. The zero-order valence-corrected chi connectivity index (χ0v) is 16.2. The molecule has 1 aliphatic heterocycles. The number of benzene rings is 1. The zero-order valence-electron chi connectivity index (χ0n) is 16.2. The summed E-state index contributed by atoms with van der Waals surface area (Å²) in [6, 6.07) is 7.32. The lowest BCUT2D eigenvalue weighted by Gasteiger charge is -2.41. The van der Waals surface area contributed by atoms with Crippen molar-refractivity contribution in [1.29, 1.82) is 0 Å². The van der Waals surface area contributed by atoms with Gasteiger partial charge in [0.25, 0.3) is 0 Å². The van der Waals surface area contributed by atoms with Gasteiger partial charge in [-0.05, 0) is 44.9 Å². The number of carbonyl (C=O) groups is 2. The summed E-state index contributed by atoms with van der Waals surface area (Å²) in [6.07, 6.45) is 1.75. The summed E-state index contributed by atoms with van der Waals surface area (Å²) in [5.41, 5.74) is 0.796. The number of hydrogen-bond donors (Lipinski definition) is 1. The number of rotatable bonds is 5. The van der Waals surface area contributed by atoms with Gasteiger partial charge in [0.05, 0.1) is 5.56 Å². The first-order valence-corrected chi connectivity index (χ1v) is 9.24. The van der Waals surface area contributed by atoms with Gasteiger partial charge >= 0.3 is 12.1 Å². The van der Waals surface area contributed by atoms with Crippen LogP contribution in [0.15, 0.2) is 24.3 Å². The molecule has 0 aromatic heterocycles. The van der Waals surface area contributed by atoms with Crippen LogP contribution >= 0.6 is 0 Å². The molecule has 0 aliphatic carbocycles. The second-order valence-electron chi connectivity index (χ2n) is 7.84. The molecule has 1 heterocycles. The number of nitrogens with zero attached hydrogens (tertiary/aromatic N) is 2. The van der Waals surface area contributed by atoms with E-state index in [9.17, 15) is 9.59 Å². The Hall–Kier alpha value is -2.08. The van der Waals surface area contributed by atoms with Gasteiger partial charge in [0.2, 0.25) is 0 Å². The fourth-order valence-electron chi connectivity index (χ4n) is 3.24. The maximum atomic E-state index is 12.4. The Morgan fingerprint density at radius 2 is 2.00 bits per heavy atom. The predicted molar refractivity (Wildman–Crippen MR) is 100 cm³/mol. The first-order chi connectivity index (χ1) is 12.2. The van der Waals surface area contributed by atoms with Crippen LogP contribution in [0.4, 0.5) is 4.79 Å². The Kier molecular flexibility index (Phi) is 6.64. The van der Waals surface area contributed by atoms with Gasteiger partial charge in [-0.25, -0.2) is 9.59 Å². The fourth-order valence-corrected chi connectivity index (χ4v) is 3.24. The Morgan fingerprint density at radius 3 is 2.62 bits per heavy atom. The number of carbonyl (C=O) groups excluding carboxylic acids is 1. The van der Waals surface area contributed by atoms with Crippen molar-refractivity contribution in [2.45, 2.75) is 58.7 Å². The Bertz CT molecular complexity index is 639. The number of ether oxygens (including phenoxy) is 1. The van der Waals surface area contributed by atoms with Crippen molar-refractivity contribution >= 4 is 12.1 Å². The van der Waals surface area contributed by atoms with E-state index in [1.807, 2.05) is 26.8 Å². The lowest BCUT2D eigenvalue weighted by Crippen LogP contribution is -2.55. The van der Waals surface area contributed by atoms with Gasteiger partial charge in [0, 0.05) is 32.2 Å². The van der Waals surface area contributed by atoms with Crippen LogP contribution in [0.25, 0.3) is 0 Å². The third-order valence-corrected chi connectivity index (χ3v) is 4.44. The van der Waals surface area contributed by atoms with Gasteiger partial charge < -0.3 is 14.7 Å². The van der Waals surface area contributed by atoms with E-state index in [1.165, 1.54) is 0 Å². The van der Waals surface area contributed by atoms with Gasteiger partial charge in [-0.15, -0.1) is 0 Å². The van der Waals surface area contributed by atoms with E-state index in [4.69, 9.17) is 9.84 Å². The van der Waals surface area contributed by atoms with Crippen molar-refractivity contribution in [3.05, 3.63) is 35.4 Å². The second-order valence-corrected chi connectivity index (χ2v) is 7.84. The molecule has 2 rings (SSSR count). The van der Waals surface area contributed by atoms with Crippen molar-refractivity contribution in [2.24, 2.45) is 0 Å². The topological polar surface area (TPSA) is 70.1 Å². The molecule has 0 bridgehead atoms. The maximum absolute atomic E-state index is 12.4. The summed E-state index contributed by atoms with van der Waals surface area (Å²) in [6.45, 7) is 10.5. The molecule has 1 saturated heterocycles. The van der Waals surface area contributed by atoms with E-state index in [0.29, 0.717) is 25.2 Å². The molecule has 0 radical (unpaired) electrons. The minimum atomic E-state index is -0.910. The molecule has 0 spiro atoms. The van der Waals surface area contributed by atoms with Crippen molar-refractivity contribution in [3.8, 4) is 0 Å². The van der Waals surface area contributed by atoms with Crippen molar-refractivity contribution in [1.82, 2.24) is 9.80 Å². The SMILES string of the molecule is CCCC1CN(C(=O)OC(C)(C)C)CCN1Cc1cccc(C(=O)O)c1. The number of aromatic carboxylic acids is 1. The van der Waals surface area contributed by atoms with Crippen molar-refractivity contribution < 1.29 is 19.4 Å². The summed E-state index contributed by atoms with van der Waals surface area (Å²) < 4.78 is 5.50. The van der Waals surface area contributed by atoms with E-state index < -0.39 is 11.6 Å². The monoisotopic (exact) mass is 362 g/mol. The first-order valence-electron chi connectivity index (χ1n) is 9.24.